The Balaban J connectivity index is 0.00000169. The van der Waals surface area contributed by atoms with Crippen LogP contribution in [0.15, 0.2) is 0 Å². The monoisotopic (exact) mass is 219 g/mol. The van der Waals surface area contributed by atoms with E-state index >= 15 is 0 Å². The summed E-state index contributed by atoms with van der Waals surface area (Å²) in [5.74, 6) is -0.644. The number of unbranched alkanes of at least 4 members (excludes halogenated alkanes) is 2. The van der Waals surface area contributed by atoms with E-state index < -0.39 is 5.97 Å². The van der Waals surface area contributed by atoms with Gasteiger partial charge in [0.05, 0.1) is 0 Å². The lowest BCUT2D eigenvalue weighted by atomic mass is 10.2. The zero-order valence-corrected chi connectivity index (χ0v) is 9.83. The van der Waals surface area contributed by atoms with Crippen molar-refractivity contribution < 1.29 is 9.90 Å². The van der Waals surface area contributed by atoms with Crippen molar-refractivity contribution in [3.63, 3.8) is 0 Å². The Kier molecular flexibility index (Phi) is 7.01. The van der Waals surface area contributed by atoms with Crippen LogP contribution in [0.4, 0.5) is 0 Å². The highest BCUT2D eigenvalue weighted by Crippen LogP contribution is 2.17. The number of hydrogen-bond donors (Lipinski definition) is 1. The molecule has 1 heterocycles. The highest BCUT2D eigenvalue weighted by atomic mass is 32.1. The fourth-order valence-electron chi connectivity index (χ4n) is 1.94. The summed E-state index contributed by atoms with van der Waals surface area (Å²) >= 11 is 0. The Hall–Kier alpha value is -0.220. The van der Waals surface area contributed by atoms with E-state index in [1.54, 1.807) is 0 Å². The maximum Gasteiger partial charge on any atom is 0.320 e. The minimum atomic E-state index is -0.644. The molecule has 1 aliphatic rings. The van der Waals surface area contributed by atoms with Crippen molar-refractivity contribution >= 4 is 19.5 Å². The van der Waals surface area contributed by atoms with Crippen molar-refractivity contribution in [2.75, 3.05) is 13.1 Å². The Bertz CT molecular complexity index is 176. The van der Waals surface area contributed by atoms with Crippen LogP contribution in [-0.2, 0) is 4.79 Å². The first-order valence-electron chi connectivity index (χ1n) is 5.22. The summed E-state index contributed by atoms with van der Waals surface area (Å²) in [7, 11) is 0. The lowest BCUT2D eigenvalue weighted by molar-refractivity contribution is -0.142. The molecule has 1 aliphatic heterocycles. The second-order valence-corrected chi connectivity index (χ2v) is 3.74. The number of carbonyl (C=O) groups is 1. The van der Waals surface area contributed by atoms with E-state index in [1.807, 2.05) is 0 Å². The van der Waals surface area contributed by atoms with Crippen molar-refractivity contribution in [1.82, 2.24) is 4.90 Å². The first kappa shape index (κ1) is 13.8. The third-order valence-corrected chi connectivity index (χ3v) is 2.70. The largest absolute Gasteiger partial charge is 0.480 e. The summed E-state index contributed by atoms with van der Waals surface area (Å²) in [6.45, 7) is 4.10. The van der Waals surface area contributed by atoms with Gasteiger partial charge in [-0.25, -0.2) is 0 Å². The molecule has 1 N–H and O–H groups in total. The molecule has 4 heteroatoms. The van der Waals surface area contributed by atoms with Crippen molar-refractivity contribution in [2.45, 2.75) is 45.1 Å². The Morgan fingerprint density at radius 3 is 2.79 bits per heavy atom. The van der Waals surface area contributed by atoms with E-state index in [1.165, 1.54) is 12.8 Å². The van der Waals surface area contributed by atoms with E-state index in [2.05, 4.69) is 11.8 Å². The summed E-state index contributed by atoms with van der Waals surface area (Å²) in [5.41, 5.74) is 0. The van der Waals surface area contributed by atoms with Crippen LogP contribution >= 0.6 is 13.5 Å². The van der Waals surface area contributed by atoms with Crippen LogP contribution in [-0.4, -0.2) is 35.1 Å². The third kappa shape index (κ3) is 3.88. The van der Waals surface area contributed by atoms with Crippen LogP contribution in [0, 0.1) is 0 Å². The normalized spacial score (nSPS) is 21.9. The fraction of sp³-hybridized carbons (Fsp3) is 0.900. The van der Waals surface area contributed by atoms with E-state index in [-0.39, 0.29) is 19.5 Å². The summed E-state index contributed by atoms with van der Waals surface area (Å²) in [6.07, 6.45) is 5.43. The number of nitrogens with zero attached hydrogens (tertiary/aromatic N) is 1. The zero-order valence-electron chi connectivity index (χ0n) is 8.83. The quantitative estimate of drug-likeness (QED) is 0.717. The van der Waals surface area contributed by atoms with Crippen molar-refractivity contribution in [3.05, 3.63) is 0 Å². The van der Waals surface area contributed by atoms with Gasteiger partial charge in [-0.2, -0.15) is 13.5 Å². The Labute approximate surface area is 92.9 Å². The maximum absolute atomic E-state index is 10.8. The zero-order chi connectivity index (χ0) is 9.68. The molecule has 0 saturated carbocycles. The van der Waals surface area contributed by atoms with Gasteiger partial charge in [0.25, 0.3) is 0 Å². The van der Waals surface area contributed by atoms with Crippen LogP contribution in [0.2, 0.25) is 0 Å². The maximum atomic E-state index is 10.8. The SMILES string of the molecule is CCCCCN1CCCC1C(=O)O.S. The molecule has 84 valence electrons. The van der Waals surface area contributed by atoms with Crippen LogP contribution < -0.4 is 0 Å². The predicted octanol–water partition coefficient (Wildman–Crippen LogP) is 1.84. The number of hydrogen-bond acceptors (Lipinski definition) is 2. The molecule has 0 aliphatic carbocycles. The molecule has 3 nitrogen and oxygen atoms in total. The minimum absolute atomic E-state index is 0. The fourth-order valence-corrected chi connectivity index (χ4v) is 1.94. The number of aliphatic carboxylic acids is 1. The van der Waals surface area contributed by atoms with E-state index in [0.29, 0.717) is 0 Å². The Morgan fingerprint density at radius 2 is 2.21 bits per heavy atom. The van der Waals surface area contributed by atoms with E-state index in [4.69, 9.17) is 5.11 Å². The average molecular weight is 219 g/mol. The molecule has 0 spiro atoms. The van der Waals surface area contributed by atoms with Gasteiger partial charge in [-0.15, -0.1) is 0 Å². The van der Waals surface area contributed by atoms with E-state index in [9.17, 15) is 4.79 Å². The van der Waals surface area contributed by atoms with Crippen LogP contribution in [0.3, 0.4) is 0 Å². The van der Waals surface area contributed by atoms with E-state index in [0.717, 1.165) is 32.4 Å². The molecule has 0 radical (unpaired) electrons. The molecule has 0 amide bonds. The van der Waals surface area contributed by atoms with Gasteiger partial charge in [0.15, 0.2) is 0 Å². The topological polar surface area (TPSA) is 40.5 Å². The van der Waals surface area contributed by atoms with Crippen molar-refractivity contribution in [1.29, 1.82) is 0 Å². The van der Waals surface area contributed by atoms with Gasteiger partial charge in [0.1, 0.15) is 6.04 Å². The highest BCUT2D eigenvalue weighted by molar-refractivity contribution is 7.59. The van der Waals surface area contributed by atoms with Crippen molar-refractivity contribution in [2.24, 2.45) is 0 Å². The van der Waals surface area contributed by atoms with Crippen LogP contribution in [0.1, 0.15) is 39.0 Å². The Morgan fingerprint density at radius 1 is 1.50 bits per heavy atom. The number of carboxylic acid groups (broad SMARTS) is 1. The van der Waals surface area contributed by atoms with Gasteiger partial charge in [-0.1, -0.05) is 19.8 Å². The number of rotatable bonds is 5. The summed E-state index contributed by atoms with van der Waals surface area (Å²) in [6, 6.07) is -0.197. The average Bonchev–Trinajstić information content (AvgIpc) is 2.53. The minimum Gasteiger partial charge on any atom is -0.480 e. The lowest BCUT2D eigenvalue weighted by Crippen LogP contribution is -2.36. The summed E-state index contributed by atoms with van der Waals surface area (Å²) in [4.78, 5) is 12.9. The molecular weight excluding hydrogens is 198 g/mol. The molecule has 14 heavy (non-hydrogen) atoms. The van der Waals surface area contributed by atoms with Crippen molar-refractivity contribution in [3.8, 4) is 0 Å². The smallest absolute Gasteiger partial charge is 0.320 e. The molecule has 1 unspecified atom stereocenters. The van der Waals surface area contributed by atoms with Gasteiger partial charge < -0.3 is 5.11 Å². The standard InChI is InChI=1S/C10H19NO2.H2S/c1-2-3-4-7-11-8-5-6-9(11)10(12)13;/h9H,2-8H2,1H3,(H,12,13);1H2. The molecule has 1 rings (SSSR count). The summed E-state index contributed by atoms with van der Waals surface area (Å²) in [5, 5.41) is 8.90. The first-order valence-corrected chi connectivity index (χ1v) is 5.22. The molecule has 0 aromatic heterocycles. The number of carboxylic acids is 1. The summed E-state index contributed by atoms with van der Waals surface area (Å²) < 4.78 is 0. The number of likely N-dealkylation sites (tertiary alicyclic amines) is 1. The van der Waals surface area contributed by atoms with Gasteiger partial charge in [-0.05, 0) is 32.4 Å². The molecule has 1 saturated heterocycles. The molecule has 0 bridgehead atoms. The van der Waals surface area contributed by atoms with Crippen LogP contribution in [0.5, 0.6) is 0 Å². The molecular formula is C10H21NO2S. The lowest BCUT2D eigenvalue weighted by Gasteiger charge is -2.20. The second kappa shape index (κ2) is 7.12. The van der Waals surface area contributed by atoms with Gasteiger partial charge >= 0.3 is 5.97 Å². The van der Waals surface area contributed by atoms with Gasteiger partial charge in [-0.3, -0.25) is 9.69 Å². The van der Waals surface area contributed by atoms with Crippen LogP contribution in [0.25, 0.3) is 0 Å². The van der Waals surface area contributed by atoms with Gasteiger partial charge in [0, 0.05) is 0 Å². The predicted molar refractivity (Wildman–Crippen MR) is 62.1 cm³/mol. The highest BCUT2D eigenvalue weighted by Gasteiger charge is 2.29. The first-order chi connectivity index (χ1) is 6.25. The van der Waals surface area contributed by atoms with Gasteiger partial charge in [0.2, 0.25) is 0 Å². The molecule has 0 aromatic carbocycles. The second-order valence-electron chi connectivity index (χ2n) is 3.74. The molecule has 0 aromatic rings. The third-order valence-electron chi connectivity index (χ3n) is 2.70. The molecule has 1 fully saturated rings. The molecule has 1 atom stereocenters.